The van der Waals surface area contributed by atoms with Crippen LogP contribution in [0.4, 0.5) is 0 Å². The fourth-order valence-corrected chi connectivity index (χ4v) is 2.54. The second kappa shape index (κ2) is 6.71. The molecule has 0 aromatic heterocycles. The van der Waals surface area contributed by atoms with Crippen LogP contribution in [0.2, 0.25) is 0 Å². The number of allylic oxidation sites excluding steroid dienone is 4. The average Bonchev–Trinajstić information content (AvgIpc) is 2.30. The topological polar surface area (TPSA) is 0 Å². The molecule has 0 nitrogen and oxygen atoms in total. The van der Waals surface area contributed by atoms with E-state index in [1.165, 1.54) is 19.3 Å². The molecular weight excluding hydrogens is 237 g/mol. The van der Waals surface area contributed by atoms with Crippen molar-refractivity contribution in [3.8, 4) is 0 Å². The van der Waals surface area contributed by atoms with E-state index in [1.807, 2.05) is 0 Å². The second-order valence-corrected chi connectivity index (χ2v) is 4.08. The van der Waals surface area contributed by atoms with Crippen LogP contribution in [-0.4, -0.2) is 0 Å². The maximum atomic E-state index is 2.39. The molecule has 0 heterocycles. The molecule has 1 aliphatic carbocycles. The smallest absolute Gasteiger partial charge is 1.00 e. The fourth-order valence-electron chi connectivity index (χ4n) is 1.46. The van der Waals surface area contributed by atoms with Gasteiger partial charge in [-0.25, -0.2) is 0 Å². The zero-order valence-corrected chi connectivity index (χ0v) is 9.91. The van der Waals surface area contributed by atoms with Gasteiger partial charge < -0.3 is 9.41 Å². The van der Waals surface area contributed by atoms with E-state index in [0.717, 1.165) is 0 Å². The van der Waals surface area contributed by atoms with Gasteiger partial charge in [0.2, 0.25) is 0 Å². The van der Waals surface area contributed by atoms with E-state index < -0.39 is 0 Å². The van der Waals surface area contributed by atoms with Gasteiger partial charge >= 0.3 is 78.3 Å². The Kier molecular flexibility index (Phi) is 8.24. The van der Waals surface area contributed by atoms with E-state index in [-0.39, 0.29) is 9.41 Å². The van der Waals surface area contributed by atoms with Gasteiger partial charge in [-0.2, -0.15) is 0 Å². The largest absolute Gasteiger partial charge is 1.00 e. The maximum absolute atomic E-state index is 2.39. The summed E-state index contributed by atoms with van der Waals surface area (Å²) in [6.07, 6.45) is 6.09. The summed E-state index contributed by atoms with van der Waals surface area (Å²) in [6, 6.07) is 0. The van der Waals surface area contributed by atoms with Crippen LogP contribution in [0.15, 0.2) is 20.5 Å². The fraction of sp³-hybridized carbons (Fsp3) is 0.556. The van der Waals surface area contributed by atoms with Gasteiger partial charge in [-0.05, 0) is 0 Å². The van der Waals surface area contributed by atoms with Gasteiger partial charge in [0, 0.05) is 0 Å². The Labute approximate surface area is 87.7 Å². The molecule has 1 rings (SSSR count). The molecule has 1 aliphatic rings. The Bertz CT molecular complexity index is 195. The van der Waals surface area contributed by atoms with Gasteiger partial charge in [0.25, 0.3) is 0 Å². The summed E-state index contributed by atoms with van der Waals surface area (Å²) in [4.78, 5) is 0. The van der Waals surface area contributed by atoms with Crippen molar-refractivity contribution < 1.29 is 34.1 Å². The minimum Gasteiger partial charge on any atom is -1.00 e. The Morgan fingerprint density at radius 3 is 2.17 bits per heavy atom. The van der Waals surface area contributed by atoms with Gasteiger partial charge in [-0.3, -0.25) is 0 Å². The van der Waals surface area contributed by atoms with E-state index in [0.29, 0.717) is 0 Å². The van der Waals surface area contributed by atoms with Crippen LogP contribution in [0, 0.1) is 0 Å². The standard InChI is InChI=1S/C9H13.2FH.Zr/c1-3-8-6-5-7-9(8)4-2;;;/h6H,3-5H2,1-2H3;2*1H;/q;;;+2/p-2. The van der Waals surface area contributed by atoms with Crippen LogP contribution in [-0.2, 0) is 24.7 Å². The van der Waals surface area contributed by atoms with Crippen LogP contribution in [0.5, 0.6) is 0 Å². The van der Waals surface area contributed by atoms with E-state index in [2.05, 4.69) is 19.9 Å². The predicted octanol–water partition coefficient (Wildman–Crippen LogP) is -3.05. The van der Waals surface area contributed by atoms with Gasteiger partial charge in [-0.1, -0.05) is 0 Å². The van der Waals surface area contributed by atoms with Crippen molar-refractivity contribution in [3.63, 3.8) is 0 Å². The normalized spacial score (nSPS) is 15.2. The zero-order chi connectivity index (χ0) is 7.56. The van der Waals surface area contributed by atoms with Crippen LogP contribution in [0.1, 0.15) is 33.1 Å². The Morgan fingerprint density at radius 1 is 1.25 bits per heavy atom. The molecule has 0 saturated heterocycles. The SMILES string of the molecule is CCC1=CC[C]([Zr+2])=C1CC.[F-].[F-]. The Morgan fingerprint density at radius 2 is 1.83 bits per heavy atom. The molecular formula is C9H13F2Zr. The van der Waals surface area contributed by atoms with Crippen molar-refractivity contribution in [2.75, 3.05) is 0 Å². The summed E-state index contributed by atoms with van der Waals surface area (Å²) < 4.78 is 1.67. The minimum absolute atomic E-state index is 0. The average molecular weight is 250 g/mol. The first-order valence-electron chi connectivity index (χ1n) is 3.92. The van der Waals surface area contributed by atoms with Crippen molar-refractivity contribution >= 4 is 0 Å². The van der Waals surface area contributed by atoms with Crippen molar-refractivity contribution in [1.29, 1.82) is 0 Å². The van der Waals surface area contributed by atoms with Crippen LogP contribution >= 0.6 is 0 Å². The van der Waals surface area contributed by atoms with E-state index >= 15 is 0 Å². The van der Waals surface area contributed by atoms with Crippen LogP contribution < -0.4 is 9.41 Å². The molecule has 0 unspecified atom stereocenters. The third-order valence-electron chi connectivity index (χ3n) is 2.04. The number of rotatable bonds is 2. The summed E-state index contributed by atoms with van der Waals surface area (Å²) in [7, 11) is 0. The monoisotopic (exact) mass is 249 g/mol. The summed E-state index contributed by atoms with van der Waals surface area (Å²) in [5, 5.41) is 0. The number of hydrogen-bond acceptors (Lipinski definition) is 0. The first-order chi connectivity index (χ1) is 4.79. The molecule has 0 radical (unpaired) electrons. The Balaban J connectivity index is 0. The first kappa shape index (κ1) is 14.7. The van der Waals surface area contributed by atoms with Crippen molar-refractivity contribution in [2.24, 2.45) is 0 Å². The molecule has 0 atom stereocenters. The summed E-state index contributed by atoms with van der Waals surface area (Å²) in [5.41, 5.74) is 3.26. The summed E-state index contributed by atoms with van der Waals surface area (Å²) >= 11 is 1.61. The number of halogens is 2. The molecule has 12 heavy (non-hydrogen) atoms. The molecule has 0 aromatic rings. The van der Waals surface area contributed by atoms with Crippen molar-refractivity contribution in [2.45, 2.75) is 33.1 Å². The van der Waals surface area contributed by atoms with Gasteiger partial charge in [0.15, 0.2) is 0 Å². The minimum atomic E-state index is 0. The van der Waals surface area contributed by atoms with Crippen LogP contribution in [0.25, 0.3) is 0 Å². The molecule has 67 valence electrons. The second-order valence-electron chi connectivity index (χ2n) is 2.60. The quantitative estimate of drug-likeness (QED) is 0.488. The van der Waals surface area contributed by atoms with Gasteiger partial charge in [0.1, 0.15) is 0 Å². The molecule has 0 aromatic carbocycles. The van der Waals surface area contributed by atoms with E-state index in [9.17, 15) is 0 Å². The first-order valence-corrected chi connectivity index (χ1v) is 5.15. The third kappa shape index (κ3) is 2.93. The van der Waals surface area contributed by atoms with Crippen molar-refractivity contribution in [1.82, 2.24) is 0 Å². The molecule has 0 spiro atoms. The summed E-state index contributed by atoms with van der Waals surface area (Å²) in [5.74, 6) is 0. The van der Waals surface area contributed by atoms with Crippen LogP contribution in [0.3, 0.4) is 0 Å². The number of hydrogen-bond donors (Lipinski definition) is 0. The zero-order valence-electron chi connectivity index (χ0n) is 7.45. The predicted molar refractivity (Wildman–Crippen MR) is 40.3 cm³/mol. The molecule has 0 N–H and O–H groups in total. The molecule has 0 bridgehead atoms. The molecule has 0 aliphatic heterocycles. The Hall–Kier alpha value is 0.223. The van der Waals surface area contributed by atoms with E-state index in [1.54, 1.807) is 39.1 Å². The van der Waals surface area contributed by atoms with Crippen molar-refractivity contribution in [3.05, 3.63) is 20.5 Å². The maximum Gasteiger partial charge on any atom is -1.00 e. The molecule has 0 fully saturated rings. The van der Waals surface area contributed by atoms with Gasteiger partial charge in [-0.15, -0.1) is 0 Å². The molecule has 0 saturated carbocycles. The van der Waals surface area contributed by atoms with Gasteiger partial charge in [0.05, 0.1) is 0 Å². The van der Waals surface area contributed by atoms with E-state index in [4.69, 9.17) is 0 Å². The summed E-state index contributed by atoms with van der Waals surface area (Å²) in [6.45, 7) is 4.50. The molecule has 0 amide bonds. The molecule has 3 heteroatoms. The third-order valence-corrected chi connectivity index (χ3v) is 3.28.